The third-order valence-corrected chi connectivity index (χ3v) is 5.87. The lowest BCUT2D eigenvalue weighted by Crippen LogP contribution is -2.49. The minimum absolute atomic E-state index is 0.130. The lowest BCUT2D eigenvalue weighted by atomic mass is 9.83. The van der Waals surface area contributed by atoms with Crippen molar-refractivity contribution in [3.05, 3.63) is 33.2 Å². The number of hydrogen-bond acceptors (Lipinski definition) is 4. The molecule has 1 aromatic heterocycles. The van der Waals surface area contributed by atoms with E-state index in [1.165, 1.54) is 25.9 Å². The Kier molecular flexibility index (Phi) is 2.64. The molecule has 2 aromatic rings. The monoisotopic (exact) mass is 360 g/mol. The van der Waals surface area contributed by atoms with Gasteiger partial charge in [0.25, 0.3) is 5.56 Å². The van der Waals surface area contributed by atoms with Gasteiger partial charge in [-0.15, -0.1) is 0 Å². The van der Waals surface area contributed by atoms with Crippen molar-refractivity contribution in [2.75, 3.05) is 30.5 Å². The molecule has 0 aliphatic carbocycles. The van der Waals surface area contributed by atoms with Gasteiger partial charge in [-0.3, -0.25) is 10.2 Å². The van der Waals surface area contributed by atoms with Gasteiger partial charge in [-0.2, -0.15) is 0 Å². The van der Waals surface area contributed by atoms with Gasteiger partial charge in [-0.25, -0.2) is 0 Å². The number of anilines is 2. The maximum Gasteiger partial charge on any atom is 0.258 e. The normalized spacial score (nSPS) is 28.7. The number of halogens is 1. The van der Waals surface area contributed by atoms with E-state index >= 15 is 0 Å². The molecule has 2 N–H and O–H groups in total. The van der Waals surface area contributed by atoms with Crippen LogP contribution in [0.2, 0.25) is 0 Å². The maximum atomic E-state index is 13.1. The lowest BCUT2D eigenvalue weighted by Gasteiger charge is -2.45. The molecule has 6 heteroatoms. The summed E-state index contributed by atoms with van der Waals surface area (Å²) in [4.78, 5) is 15.5. The first-order valence-electron chi connectivity index (χ1n) is 7.83. The van der Waals surface area contributed by atoms with Crippen LogP contribution in [0.25, 0.3) is 10.8 Å². The quantitative estimate of drug-likeness (QED) is 0.820. The predicted molar refractivity (Wildman–Crippen MR) is 91.4 cm³/mol. The first kappa shape index (κ1) is 13.0. The highest BCUT2D eigenvalue weighted by Gasteiger charge is 2.36. The number of piperidine rings is 3. The maximum absolute atomic E-state index is 13.1. The first-order valence-corrected chi connectivity index (χ1v) is 8.63. The Morgan fingerprint density at radius 3 is 2.64 bits per heavy atom. The molecule has 0 unspecified atom stereocenters. The molecule has 6 rings (SSSR count). The lowest BCUT2D eigenvalue weighted by molar-refractivity contribution is 0.0557. The number of nitrogens with zero attached hydrogens (tertiary/aromatic N) is 2. The fourth-order valence-electron chi connectivity index (χ4n) is 4.29. The third kappa shape index (κ3) is 1.71. The number of nitrogens with one attached hydrogen (secondary N) is 2. The summed E-state index contributed by atoms with van der Waals surface area (Å²) in [7, 11) is 0. The van der Waals surface area contributed by atoms with Gasteiger partial charge in [0.05, 0.1) is 22.8 Å². The number of hydrogen-bond donors (Lipinski definition) is 2. The molecule has 1 aromatic carbocycles. The van der Waals surface area contributed by atoms with E-state index in [1.54, 1.807) is 0 Å². The summed E-state index contributed by atoms with van der Waals surface area (Å²) in [6.07, 6.45) is 4.42. The Morgan fingerprint density at radius 1 is 1.14 bits per heavy atom. The molecular weight excluding hydrogens is 344 g/mol. The number of benzene rings is 1. The van der Waals surface area contributed by atoms with E-state index in [0.29, 0.717) is 12.0 Å². The van der Waals surface area contributed by atoms with E-state index in [4.69, 9.17) is 0 Å². The topological polar surface area (TPSA) is 49.3 Å². The van der Waals surface area contributed by atoms with Crippen LogP contribution in [0.15, 0.2) is 27.6 Å². The molecule has 3 fully saturated rings. The van der Waals surface area contributed by atoms with E-state index in [0.717, 1.165) is 33.2 Å². The highest BCUT2D eigenvalue weighted by molar-refractivity contribution is 9.10. The van der Waals surface area contributed by atoms with Gasteiger partial charge in [0.15, 0.2) is 0 Å². The summed E-state index contributed by atoms with van der Waals surface area (Å²) < 4.78 is 2.91. The number of fused-ring (bicyclic) bond motifs is 3. The molecule has 1 atom stereocenters. The fraction of sp³-hybridized carbons (Fsp3) is 0.438. The molecule has 2 bridgehead atoms. The molecule has 4 aliphatic heterocycles. The predicted octanol–water partition coefficient (Wildman–Crippen LogP) is 2.78. The van der Waals surface area contributed by atoms with Crippen molar-refractivity contribution in [2.45, 2.75) is 18.9 Å². The number of aromatic nitrogens is 1. The van der Waals surface area contributed by atoms with Gasteiger partial charge >= 0.3 is 0 Å². The fourth-order valence-corrected chi connectivity index (χ4v) is 4.75. The molecule has 0 radical (unpaired) electrons. The van der Waals surface area contributed by atoms with Gasteiger partial charge in [0, 0.05) is 22.6 Å². The summed E-state index contributed by atoms with van der Waals surface area (Å²) in [6.45, 7) is 3.38. The molecule has 0 amide bonds. The minimum atomic E-state index is 0.130. The van der Waals surface area contributed by atoms with E-state index in [1.807, 2.05) is 22.9 Å². The van der Waals surface area contributed by atoms with Crippen molar-refractivity contribution in [1.82, 2.24) is 9.47 Å². The first-order chi connectivity index (χ1) is 10.7. The van der Waals surface area contributed by atoms with Gasteiger partial charge in [0.2, 0.25) is 0 Å². The van der Waals surface area contributed by atoms with Crippen LogP contribution in [0.4, 0.5) is 11.4 Å². The van der Waals surface area contributed by atoms with E-state index in [-0.39, 0.29) is 5.56 Å². The largest absolute Gasteiger partial charge is 0.308 e. The summed E-state index contributed by atoms with van der Waals surface area (Å²) in [5.74, 6) is 0.633. The smallest absolute Gasteiger partial charge is 0.258 e. The second-order valence-electron chi connectivity index (χ2n) is 6.59. The van der Waals surface area contributed by atoms with Crippen molar-refractivity contribution in [3.8, 4) is 0 Å². The average Bonchev–Trinajstić information content (AvgIpc) is 2.95. The van der Waals surface area contributed by atoms with Crippen LogP contribution in [0.5, 0.6) is 0 Å². The van der Waals surface area contributed by atoms with Gasteiger partial charge in [-0.1, -0.05) is 15.9 Å². The van der Waals surface area contributed by atoms with Crippen molar-refractivity contribution >= 4 is 38.1 Å². The highest BCUT2D eigenvalue weighted by Crippen LogP contribution is 2.39. The van der Waals surface area contributed by atoms with Crippen LogP contribution < -0.4 is 16.4 Å². The van der Waals surface area contributed by atoms with Crippen molar-refractivity contribution in [2.24, 2.45) is 5.92 Å². The summed E-state index contributed by atoms with van der Waals surface area (Å²) >= 11 is 3.51. The number of rotatable bonds is 1. The Hall–Kier alpha value is -1.53. The molecular formula is C16H17BrN4O. The van der Waals surface area contributed by atoms with Crippen LogP contribution in [0.1, 0.15) is 18.9 Å². The van der Waals surface area contributed by atoms with Crippen molar-refractivity contribution < 1.29 is 0 Å². The zero-order valence-electron chi connectivity index (χ0n) is 12.1. The molecule has 0 saturated carbocycles. The average molecular weight is 361 g/mol. The van der Waals surface area contributed by atoms with Crippen LogP contribution in [0.3, 0.4) is 0 Å². The van der Waals surface area contributed by atoms with Crippen LogP contribution in [-0.4, -0.2) is 29.1 Å². The SMILES string of the molecule is O=c1c2cc(Br)cc3c2c(cn1[C@H]1CN2CCC1CC2)NN3. The molecule has 5 nitrogen and oxygen atoms in total. The summed E-state index contributed by atoms with van der Waals surface area (Å²) in [5.41, 5.74) is 8.48. The molecule has 0 spiro atoms. The molecule has 3 saturated heterocycles. The van der Waals surface area contributed by atoms with Crippen LogP contribution in [-0.2, 0) is 0 Å². The minimum Gasteiger partial charge on any atom is -0.308 e. The van der Waals surface area contributed by atoms with E-state index in [2.05, 4.69) is 31.7 Å². The number of pyridine rings is 1. The van der Waals surface area contributed by atoms with Crippen molar-refractivity contribution in [1.29, 1.82) is 0 Å². The zero-order valence-corrected chi connectivity index (χ0v) is 13.7. The van der Waals surface area contributed by atoms with E-state index in [9.17, 15) is 4.79 Å². The van der Waals surface area contributed by atoms with Crippen LogP contribution in [0, 0.1) is 5.92 Å². The Balaban J connectivity index is 1.74. The standard InChI is InChI=1S/C16H17BrN4O/c17-10-5-11-15-12(6-10)18-19-13(15)7-21(16(11)22)14-8-20-3-1-9(14)2-4-20/h5-7,9,14,18-19H,1-4,8H2/t14-/m0/s1. The Labute approximate surface area is 136 Å². The Bertz CT molecular complexity index is 838. The number of hydrazine groups is 1. The van der Waals surface area contributed by atoms with E-state index < -0.39 is 0 Å². The second kappa shape index (κ2) is 4.49. The summed E-state index contributed by atoms with van der Waals surface area (Å²) in [6, 6.07) is 4.25. The van der Waals surface area contributed by atoms with Gasteiger partial charge < -0.3 is 14.9 Å². The van der Waals surface area contributed by atoms with Crippen LogP contribution >= 0.6 is 15.9 Å². The molecule has 114 valence electrons. The van der Waals surface area contributed by atoms with Gasteiger partial charge in [0.1, 0.15) is 0 Å². The third-order valence-electron chi connectivity index (χ3n) is 5.42. The Morgan fingerprint density at radius 2 is 1.91 bits per heavy atom. The second-order valence-corrected chi connectivity index (χ2v) is 7.50. The van der Waals surface area contributed by atoms with Gasteiger partial charge in [-0.05, 0) is 44.0 Å². The molecule has 5 heterocycles. The molecule has 22 heavy (non-hydrogen) atoms. The highest BCUT2D eigenvalue weighted by atomic mass is 79.9. The zero-order chi connectivity index (χ0) is 14.8. The van der Waals surface area contributed by atoms with Crippen molar-refractivity contribution in [3.63, 3.8) is 0 Å². The molecule has 4 aliphatic rings. The summed E-state index contributed by atoms with van der Waals surface area (Å²) in [5, 5.41) is 1.79.